The molecule has 1 aromatic heterocycles. The fourth-order valence-electron chi connectivity index (χ4n) is 2.09. The summed E-state index contributed by atoms with van der Waals surface area (Å²) in [5.41, 5.74) is 0. The number of nitrogens with one attached hydrogen (secondary N) is 1. The van der Waals surface area contributed by atoms with E-state index in [4.69, 9.17) is 5.11 Å². The summed E-state index contributed by atoms with van der Waals surface area (Å²) in [5.74, 6) is 0. The number of hydrogen-bond donors (Lipinski definition) is 2. The first kappa shape index (κ1) is 15.4. The number of thiazole rings is 1. The Hall–Kier alpha value is -2.45. The molecule has 0 radical (unpaired) electrons. The number of amides is 1. The molecule has 0 saturated heterocycles. The Bertz CT molecular complexity index is 980. The van der Waals surface area contributed by atoms with Crippen LogP contribution in [0.15, 0.2) is 57.9 Å². The molecule has 0 saturated carbocycles. The van der Waals surface area contributed by atoms with Gasteiger partial charge in [-0.3, -0.25) is 0 Å². The first-order chi connectivity index (χ1) is 11.0. The maximum Gasteiger partial charge on any atom is 0.404 e. The molecule has 2 N–H and O–H groups in total. The summed E-state index contributed by atoms with van der Waals surface area (Å²) >= 11 is 0.957. The van der Waals surface area contributed by atoms with Crippen LogP contribution in [0.3, 0.4) is 0 Å². The molecule has 3 aromatic rings. The Morgan fingerprint density at radius 2 is 1.91 bits per heavy atom. The van der Waals surface area contributed by atoms with Gasteiger partial charge in [0.05, 0.1) is 11.4 Å². The summed E-state index contributed by atoms with van der Waals surface area (Å²) < 4.78 is 25.2. The van der Waals surface area contributed by atoms with Gasteiger partial charge in [-0.2, -0.15) is 0 Å². The molecule has 0 aliphatic carbocycles. The maximum atomic E-state index is 12.6. The zero-order valence-corrected chi connectivity index (χ0v) is 13.4. The van der Waals surface area contributed by atoms with Crippen molar-refractivity contribution >= 4 is 38.0 Å². The fourth-order valence-corrected chi connectivity index (χ4v) is 4.64. The predicted molar refractivity (Wildman–Crippen MR) is 86.4 cm³/mol. The minimum atomic E-state index is -3.72. The number of aromatic nitrogens is 1. The summed E-state index contributed by atoms with van der Waals surface area (Å²) in [5, 5.41) is 12.5. The molecule has 0 aliphatic heterocycles. The fraction of sp³-hybridized carbons (Fsp3) is 0.0667. The van der Waals surface area contributed by atoms with E-state index in [-0.39, 0.29) is 15.8 Å². The van der Waals surface area contributed by atoms with Crippen LogP contribution in [0.1, 0.15) is 4.88 Å². The Balaban J connectivity index is 1.95. The van der Waals surface area contributed by atoms with Crippen molar-refractivity contribution in [3.05, 3.63) is 53.5 Å². The molecule has 0 bridgehead atoms. The number of fused-ring (bicyclic) bond motifs is 1. The monoisotopic (exact) mass is 348 g/mol. The van der Waals surface area contributed by atoms with Crippen LogP contribution in [0.2, 0.25) is 0 Å². The van der Waals surface area contributed by atoms with E-state index in [0.717, 1.165) is 22.1 Å². The number of nitrogens with zero attached hydrogens (tertiary/aromatic N) is 1. The highest BCUT2D eigenvalue weighted by molar-refractivity contribution is 7.93. The molecular weight excluding hydrogens is 336 g/mol. The Kier molecular flexibility index (Phi) is 4.01. The highest BCUT2D eigenvalue weighted by atomic mass is 32.2. The van der Waals surface area contributed by atoms with Crippen LogP contribution in [0.4, 0.5) is 4.79 Å². The highest BCUT2D eigenvalue weighted by Crippen LogP contribution is 2.27. The molecule has 2 aromatic carbocycles. The molecule has 6 nitrogen and oxygen atoms in total. The Morgan fingerprint density at radius 3 is 2.65 bits per heavy atom. The molecule has 0 fully saturated rings. The van der Waals surface area contributed by atoms with Gasteiger partial charge in [0.25, 0.3) is 0 Å². The van der Waals surface area contributed by atoms with Crippen molar-refractivity contribution in [1.29, 1.82) is 0 Å². The van der Waals surface area contributed by atoms with Crippen LogP contribution in [0.25, 0.3) is 10.8 Å². The highest BCUT2D eigenvalue weighted by Gasteiger charge is 2.22. The van der Waals surface area contributed by atoms with E-state index in [1.165, 1.54) is 6.20 Å². The van der Waals surface area contributed by atoms with Crippen molar-refractivity contribution in [2.45, 2.75) is 15.8 Å². The van der Waals surface area contributed by atoms with Gasteiger partial charge in [-0.05, 0) is 22.9 Å². The van der Waals surface area contributed by atoms with Crippen molar-refractivity contribution in [3.8, 4) is 0 Å². The smallest absolute Gasteiger partial charge is 0.404 e. The first-order valence-corrected chi connectivity index (χ1v) is 8.92. The topological polar surface area (TPSA) is 96.4 Å². The summed E-state index contributed by atoms with van der Waals surface area (Å²) in [6, 6.07) is 12.4. The van der Waals surface area contributed by atoms with Crippen LogP contribution in [-0.4, -0.2) is 24.6 Å². The van der Waals surface area contributed by atoms with Gasteiger partial charge >= 0.3 is 6.09 Å². The molecule has 0 aliphatic rings. The lowest BCUT2D eigenvalue weighted by Gasteiger charge is -2.03. The third kappa shape index (κ3) is 3.17. The minimum absolute atomic E-state index is 0.0280. The van der Waals surface area contributed by atoms with Crippen LogP contribution in [-0.2, 0) is 16.4 Å². The minimum Gasteiger partial charge on any atom is -0.465 e. The van der Waals surface area contributed by atoms with Gasteiger partial charge in [-0.15, -0.1) is 11.3 Å². The van der Waals surface area contributed by atoms with E-state index in [2.05, 4.69) is 10.3 Å². The lowest BCUT2D eigenvalue weighted by molar-refractivity contribution is 0.194. The lowest BCUT2D eigenvalue weighted by atomic mass is 10.1. The normalized spacial score (nSPS) is 11.5. The van der Waals surface area contributed by atoms with Gasteiger partial charge in [-0.25, -0.2) is 18.2 Å². The SMILES string of the molecule is O=C(O)NCc1cnc(S(=O)(=O)c2ccc3ccccc3c2)s1. The van der Waals surface area contributed by atoms with E-state index in [9.17, 15) is 13.2 Å². The van der Waals surface area contributed by atoms with Gasteiger partial charge < -0.3 is 10.4 Å². The zero-order chi connectivity index (χ0) is 16.4. The number of carboxylic acid groups (broad SMARTS) is 1. The maximum absolute atomic E-state index is 12.6. The number of rotatable bonds is 4. The van der Waals surface area contributed by atoms with Crippen LogP contribution < -0.4 is 5.32 Å². The van der Waals surface area contributed by atoms with Crippen molar-refractivity contribution in [1.82, 2.24) is 10.3 Å². The van der Waals surface area contributed by atoms with E-state index < -0.39 is 15.9 Å². The van der Waals surface area contributed by atoms with Crippen LogP contribution >= 0.6 is 11.3 Å². The molecule has 3 rings (SSSR count). The predicted octanol–water partition coefficient (Wildman–Crippen LogP) is 2.90. The molecule has 0 atom stereocenters. The number of benzene rings is 2. The largest absolute Gasteiger partial charge is 0.465 e. The van der Waals surface area contributed by atoms with Crippen molar-refractivity contribution in [3.63, 3.8) is 0 Å². The molecule has 118 valence electrons. The Morgan fingerprint density at radius 1 is 1.17 bits per heavy atom. The molecular formula is C15H12N2O4S2. The number of carbonyl (C=O) groups is 1. The third-order valence-corrected chi connectivity index (χ3v) is 6.35. The average molecular weight is 348 g/mol. The summed E-state index contributed by atoms with van der Waals surface area (Å²) in [6.07, 6.45) is 0.200. The van der Waals surface area contributed by atoms with Crippen LogP contribution in [0, 0.1) is 0 Å². The zero-order valence-electron chi connectivity index (χ0n) is 11.8. The van der Waals surface area contributed by atoms with Crippen molar-refractivity contribution in [2.75, 3.05) is 0 Å². The summed E-state index contributed by atoms with van der Waals surface area (Å²) in [4.78, 5) is 15.1. The second-order valence-corrected chi connectivity index (χ2v) is 8.00. The molecule has 1 heterocycles. The van der Waals surface area contributed by atoms with E-state index >= 15 is 0 Å². The Labute approximate surface area is 136 Å². The van der Waals surface area contributed by atoms with Crippen LogP contribution in [0.5, 0.6) is 0 Å². The standard InChI is InChI=1S/C15H12N2O4S2/c18-14(19)16-8-12-9-17-15(22-12)23(20,21)13-6-5-10-3-1-2-4-11(10)7-13/h1-7,9,16H,8H2,(H,18,19). The lowest BCUT2D eigenvalue weighted by Crippen LogP contribution is -2.19. The molecule has 23 heavy (non-hydrogen) atoms. The first-order valence-electron chi connectivity index (χ1n) is 6.62. The van der Waals surface area contributed by atoms with Gasteiger partial charge in [0.2, 0.25) is 14.2 Å². The quantitative estimate of drug-likeness (QED) is 0.756. The third-order valence-electron chi connectivity index (χ3n) is 3.21. The second-order valence-electron chi connectivity index (χ2n) is 4.76. The molecule has 0 spiro atoms. The number of sulfone groups is 1. The van der Waals surface area contributed by atoms with Gasteiger partial charge in [0.1, 0.15) is 0 Å². The average Bonchev–Trinajstić information content (AvgIpc) is 3.02. The van der Waals surface area contributed by atoms with Crippen molar-refractivity contribution < 1.29 is 18.3 Å². The van der Waals surface area contributed by atoms with E-state index in [1.807, 2.05) is 24.3 Å². The molecule has 1 amide bonds. The van der Waals surface area contributed by atoms with Crippen molar-refractivity contribution in [2.24, 2.45) is 0 Å². The van der Waals surface area contributed by atoms with Gasteiger partial charge in [-0.1, -0.05) is 30.3 Å². The van der Waals surface area contributed by atoms with Gasteiger partial charge in [0, 0.05) is 11.1 Å². The second kappa shape index (κ2) is 5.98. The summed E-state index contributed by atoms with van der Waals surface area (Å²) in [7, 11) is -3.72. The molecule has 8 heteroatoms. The van der Waals surface area contributed by atoms with Gasteiger partial charge in [0.15, 0.2) is 0 Å². The van der Waals surface area contributed by atoms with E-state index in [1.54, 1.807) is 18.2 Å². The van der Waals surface area contributed by atoms with E-state index in [0.29, 0.717) is 4.88 Å². The number of hydrogen-bond acceptors (Lipinski definition) is 5. The summed E-state index contributed by atoms with van der Waals surface area (Å²) in [6.45, 7) is 0.0280. The molecule has 0 unspecified atom stereocenters.